The van der Waals surface area contributed by atoms with Crippen LogP contribution < -0.4 is 0 Å². The SMILES string of the molecule is Cc1cc(C(=O)CSC2CCCCC2)c(C)n1C. The summed E-state index contributed by atoms with van der Waals surface area (Å²) in [6, 6.07) is 2.03. The molecule has 0 radical (unpaired) electrons. The second-order valence-corrected chi connectivity index (χ2v) is 6.63. The minimum atomic E-state index is 0.298. The Morgan fingerprint density at radius 2 is 2.00 bits per heavy atom. The highest BCUT2D eigenvalue weighted by molar-refractivity contribution is 8.00. The van der Waals surface area contributed by atoms with Crippen LogP contribution in [0.25, 0.3) is 0 Å². The Balaban J connectivity index is 1.93. The molecular weight excluding hydrogens is 242 g/mol. The van der Waals surface area contributed by atoms with Crippen LogP contribution in [0.5, 0.6) is 0 Å². The molecule has 1 saturated carbocycles. The predicted molar refractivity (Wildman–Crippen MR) is 78.5 cm³/mol. The molecule has 0 unspecified atom stereocenters. The minimum Gasteiger partial charge on any atom is -0.351 e. The van der Waals surface area contributed by atoms with E-state index in [1.165, 1.54) is 37.8 Å². The van der Waals surface area contributed by atoms with E-state index in [1.807, 2.05) is 31.8 Å². The topological polar surface area (TPSA) is 22.0 Å². The highest BCUT2D eigenvalue weighted by Gasteiger charge is 2.18. The van der Waals surface area contributed by atoms with Crippen molar-refractivity contribution in [1.82, 2.24) is 4.57 Å². The number of rotatable bonds is 4. The van der Waals surface area contributed by atoms with Crippen molar-refractivity contribution in [1.29, 1.82) is 0 Å². The summed E-state index contributed by atoms with van der Waals surface area (Å²) in [6.07, 6.45) is 6.65. The molecule has 0 bridgehead atoms. The second kappa shape index (κ2) is 5.96. The molecule has 1 aromatic heterocycles. The van der Waals surface area contributed by atoms with E-state index in [9.17, 15) is 4.79 Å². The fourth-order valence-electron chi connectivity index (χ4n) is 2.64. The Kier molecular flexibility index (Phi) is 4.55. The molecule has 0 amide bonds. The first-order valence-electron chi connectivity index (χ1n) is 6.87. The van der Waals surface area contributed by atoms with Crippen molar-refractivity contribution in [2.75, 3.05) is 5.75 Å². The Labute approximate surface area is 114 Å². The monoisotopic (exact) mass is 265 g/mol. The summed E-state index contributed by atoms with van der Waals surface area (Å²) in [5.74, 6) is 0.946. The van der Waals surface area contributed by atoms with E-state index in [0.717, 1.165) is 11.3 Å². The number of aryl methyl sites for hydroxylation is 1. The zero-order chi connectivity index (χ0) is 13.1. The quantitative estimate of drug-likeness (QED) is 0.770. The van der Waals surface area contributed by atoms with Gasteiger partial charge in [0.1, 0.15) is 0 Å². The molecule has 1 aliphatic carbocycles. The van der Waals surface area contributed by atoms with Gasteiger partial charge in [0.15, 0.2) is 5.78 Å². The molecule has 0 aliphatic heterocycles. The van der Waals surface area contributed by atoms with Crippen LogP contribution in [0.3, 0.4) is 0 Å². The number of Topliss-reactive ketones (excluding diaryl/α,β-unsaturated/α-hetero) is 1. The van der Waals surface area contributed by atoms with Crippen LogP contribution >= 0.6 is 11.8 Å². The van der Waals surface area contributed by atoms with Gasteiger partial charge in [-0.2, -0.15) is 11.8 Å². The van der Waals surface area contributed by atoms with E-state index in [2.05, 4.69) is 11.5 Å². The van der Waals surface area contributed by atoms with Crippen LogP contribution in [0, 0.1) is 13.8 Å². The van der Waals surface area contributed by atoms with Gasteiger partial charge in [-0.25, -0.2) is 0 Å². The first-order chi connectivity index (χ1) is 8.59. The Morgan fingerprint density at radius 1 is 1.33 bits per heavy atom. The van der Waals surface area contributed by atoms with Gasteiger partial charge in [-0.3, -0.25) is 4.79 Å². The van der Waals surface area contributed by atoms with Gasteiger partial charge in [0.25, 0.3) is 0 Å². The van der Waals surface area contributed by atoms with Crippen molar-refractivity contribution in [3.05, 3.63) is 23.0 Å². The molecular formula is C15H23NOS. The summed E-state index contributed by atoms with van der Waals surface area (Å²) < 4.78 is 2.10. The van der Waals surface area contributed by atoms with Gasteiger partial charge in [-0.05, 0) is 32.8 Å². The maximum atomic E-state index is 12.2. The predicted octanol–water partition coefficient (Wildman–Crippen LogP) is 3.89. The van der Waals surface area contributed by atoms with Crippen molar-refractivity contribution >= 4 is 17.5 Å². The van der Waals surface area contributed by atoms with E-state index in [-0.39, 0.29) is 0 Å². The number of hydrogen-bond acceptors (Lipinski definition) is 2. The fourth-order valence-corrected chi connectivity index (χ4v) is 3.85. The number of aromatic nitrogens is 1. The van der Waals surface area contributed by atoms with E-state index < -0.39 is 0 Å². The minimum absolute atomic E-state index is 0.298. The van der Waals surface area contributed by atoms with Crippen molar-refractivity contribution in [2.24, 2.45) is 7.05 Å². The van der Waals surface area contributed by atoms with E-state index >= 15 is 0 Å². The Morgan fingerprint density at radius 3 is 2.56 bits per heavy atom. The standard InChI is InChI=1S/C15H23NOS/c1-11-9-14(12(2)16(11)3)15(17)10-18-13-7-5-4-6-8-13/h9,13H,4-8,10H2,1-3H3. The molecule has 100 valence electrons. The number of thioether (sulfide) groups is 1. The average Bonchev–Trinajstić information content (AvgIpc) is 2.65. The lowest BCUT2D eigenvalue weighted by atomic mass is 10.0. The molecule has 0 saturated heterocycles. The Hall–Kier alpha value is -0.700. The molecule has 1 heterocycles. The molecule has 18 heavy (non-hydrogen) atoms. The molecule has 1 fully saturated rings. The highest BCUT2D eigenvalue weighted by Crippen LogP contribution is 2.29. The van der Waals surface area contributed by atoms with Crippen molar-refractivity contribution in [3.8, 4) is 0 Å². The zero-order valence-corrected chi connectivity index (χ0v) is 12.5. The van der Waals surface area contributed by atoms with Crippen LogP contribution in [0.4, 0.5) is 0 Å². The largest absolute Gasteiger partial charge is 0.351 e. The third kappa shape index (κ3) is 3.00. The third-order valence-corrected chi connectivity index (χ3v) is 5.45. The van der Waals surface area contributed by atoms with Gasteiger partial charge in [0, 0.05) is 29.2 Å². The summed E-state index contributed by atoms with van der Waals surface area (Å²) >= 11 is 1.87. The van der Waals surface area contributed by atoms with Crippen LogP contribution in [0.2, 0.25) is 0 Å². The van der Waals surface area contributed by atoms with Crippen LogP contribution in [-0.2, 0) is 7.05 Å². The van der Waals surface area contributed by atoms with Gasteiger partial charge in [-0.15, -0.1) is 0 Å². The van der Waals surface area contributed by atoms with Crippen molar-refractivity contribution in [3.63, 3.8) is 0 Å². The molecule has 0 atom stereocenters. The smallest absolute Gasteiger partial charge is 0.174 e. The number of nitrogens with zero attached hydrogens (tertiary/aromatic N) is 1. The summed E-state index contributed by atoms with van der Waals surface area (Å²) in [6.45, 7) is 4.09. The summed E-state index contributed by atoms with van der Waals surface area (Å²) in [7, 11) is 2.02. The Bertz CT molecular complexity index is 430. The molecule has 0 N–H and O–H groups in total. The lowest BCUT2D eigenvalue weighted by Gasteiger charge is -2.20. The van der Waals surface area contributed by atoms with E-state index in [0.29, 0.717) is 16.8 Å². The van der Waals surface area contributed by atoms with Gasteiger partial charge in [0.05, 0.1) is 5.75 Å². The first-order valence-corrected chi connectivity index (χ1v) is 7.92. The fraction of sp³-hybridized carbons (Fsp3) is 0.667. The van der Waals surface area contributed by atoms with Crippen molar-refractivity contribution in [2.45, 2.75) is 51.2 Å². The van der Waals surface area contributed by atoms with Gasteiger partial charge in [-0.1, -0.05) is 19.3 Å². The molecule has 2 nitrogen and oxygen atoms in total. The molecule has 1 aliphatic rings. The third-order valence-electron chi connectivity index (χ3n) is 4.08. The first kappa shape index (κ1) is 13.7. The highest BCUT2D eigenvalue weighted by atomic mass is 32.2. The van der Waals surface area contributed by atoms with Gasteiger partial charge < -0.3 is 4.57 Å². The second-order valence-electron chi connectivity index (χ2n) is 5.34. The number of carbonyl (C=O) groups excluding carboxylic acids is 1. The molecule has 2 rings (SSSR count). The van der Waals surface area contributed by atoms with Gasteiger partial charge in [0.2, 0.25) is 0 Å². The van der Waals surface area contributed by atoms with E-state index in [4.69, 9.17) is 0 Å². The molecule has 3 heteroatoms. The van der Waals surface area contributed by atoms with Gasteiger partial charge >= 0.3 is 0 Å². The molecule has 0 spiro atoms. The lowest BCUT2D eigenvalue weighted by Crippen LogP contribution is -2.12. The number of carbonyl (C=O) groups is 1. The number of ketones is 1. The van der Waals surface area contributed by atoms with Crippen LogP contribution in [0.1, 0.15) is 53.8 Å². The van der Waals surface area contributed by atoms with Crippen LogP contribution in [-0.4, -0.2) is 21.4 Å². The summed E-state index contributed by atoms with van der Waals surface area (Å²) in [4.78, 5) is 12.2. The summed E-state index contributed by atoms with van der Waals surface area (Å²) in [5, 5.41) is 0.716. The van der Waals surface area contributed by atoms with E-state index in [1.54, 1.807) is 0 Å². The molecule has 1 aromatic rings. The van der Waals surface area contributed by atoms with Crippen LogP contribution in [0.15, 0.2) is 6.07 Å². The zero-order valence-electron chi connectivity index (χ0n) is 11.7. The molecule has 0 aromatic carbocycles. The van der Waals surface area contributed by atoms with Crippen molar-refractivity contribution < 1.29 is 4.79 Å². The lowest BCUT2D eigenvalue weighted by molar-refractivity contribution is 0.102. The average molecular weight is 265 g/mol. The summed E-state index contributed by atoms with van der Waals surface area (Å²) in [5.41, 5.74) is 3.18. The maximum absolute atomic E-state index is 12.2. The maximum Gasteiger partial charge on any atom is 0.174 e. The number of hydrogen-bond donors (Lipinski definition) is 0. The normalized spacial score (nSPS) is 17.1.